The molecule has 2 aromatic rings. The summed E-state index contributed by atoms with van der Waals surface area (Å²) in [7, 11) is 0. The second kappa shape index (κ2) is 5.22. The first-order valence-corrected chi connectivity index (χ1v) is 5.41. The molecule has 6 nitrogen and oxygen atoms in total. The van der Waals surface area contributed by atoms with E-state index in [0.29, 0.717) is 17.9 Å². The molecule has 0 aliphatic heterocycles. The van der Waals surface area contributed by atoms with Crippen LogP contribution in [0.25, 0.3) is 0 Å². The zero-order valence-electron chi connectivity index (χ0n) is 9.83. The fourth-order valence-corrected chi connectivity index (χ4v) is 1.64. The number of hydrogen-bond donors (Lipinski definition) is 1. The van der Waals surface area contributed by atoms with E-state index in [1.807, 2.05) is 6.07 Å². The zero-order valence-corrected chi connectivity index (χ0v) is 9.83. The van der Waals surface area contributed by atoms with E-state index in [9.17, 15) is 10.1 Å². The molecule has 1 N–H and O–H groups in total. The molecule has 0 aliphatic rings. The van der Waals surface area contributed by atoms with Gasteiger partial charge in [0, 0.05) is 30.6 Å². The van der Waals surface area contributed by atoms with Crippen molar-refractivity contribution in [1.29, 1.82) is 0 Å². The minimum absolute atomic E-state index is 0.133. The van der Waals surface area contributed by atoms with Crippen LogP contribution in [0.15, 0.2) is 36.8 Å². The average molecular weight is 244 g/mol. The van der Waals surface area contributed by atoms with E-state index in [4.69, 9.17) is 0 Å². The molecule has 1 aromatic carbocycles. The number of nitro benzene ring substituents is 1. The Morgan fingerprint density at radius 3 is 2.89 bits per heavy atom. The lowest BCUT2D eigenvalue weighted by Gasteiger charge is -2.08. The van der Waals surface area contributed by atoms with E-state index >= 15 is 0 Å². The Bertz CT molecular complexity index is 557. The maximum atomic E-state index is 10.8. The second-order valence-electron chi connectivity index (χ2n) is 3.76. The van der Waals surface area contributed by atoms with E-state index in [-0.39, 0.29) is 10.6 Å². The summed E-state index contributed by atoms with van der Waals surface area (Å²) in [6.45, 7) is 2.22. The lowest BCUT2D eigenvalue weighted by atomic mass is 10.1. The zero-order chi connectivity index (χ0) is 13.0. The SMILES string of the molecule is Cc1c(CNc2cnccn2)cccc1[N+](=O)[O-]. The molecule has 1 heterocycles. The van der Waals surface area contributed by atoms with Gasteiger partial charge in [0.25, 0.3) is 5.69 Å². The molecule has 18 heavy (non-hydrogen) atoms. The third-order valence-corrected chi connectivity index (χ3v) is 2.64. The summed E-state index contributed by atoms with van der Waals surface area (Å²) in [5.41, 5.74) is 1.67. The van der Waals surface area contributed by atoms with Gasteiger partial charge in [-0.05, 0) is 12.5 Å². The van der Waals surface area contributed by atoms with E-state index in [2.05, 4.69) is 15.3 Å². The van der Waals surface area contributed by atoms with Crippen molar-refractivity contribution in [2.75, 3.05) is 5.32 Å². The maximum Gasteiger partial charge on any atom is 0.272 e. The Kier molecular flexibility index (Phi) is 3.47. The molecule has 0 aliphatic carbocycles. The monoisotopic (exact) mass is 244 g/mol. The van der Waals surface area contributed by atoms with Gasteiger partial charge in [0.05, 0.1) is 11.1 Å². The van der Waals surface area contributed by atoms with E-state index in [1.165, 1.54) is 6.07 Å². The summed E-state index contributed by atoms with van der Waals surface area (Å²) in [6, 6.07) is 5.03. The number of aromatic nitrogens is 2. The predicted octanol–water partition coefficient (Wildman–Crippen LogP) is 2.31. The van der Waals surface area contributed by atoms with Crippen molar-refractivity contribution in [3.05, 3.63) is 58.0 Å². The van der Waals surface area contributed by atoms with E-state index < -0.39 is 0 Å². The number of anilines is 1. The number of nitrogens with zero attached hydrogens (tertiary/aromatic N) is 3. The molecule has 0 unspecified atom stereocenters. The fourth-order valence-electron chi connectivity index (χ4n) is 1.64. The Labute approximate surface area is 104 Å². The minimum atomic E-state index is -0.374. The maximum absolute atomic E-state index is 10.8. The largest absolute Gasteiger partial charge is 0.365 e. The molecule has 0 amide bonds. The Morgan fingerprint density at radius 2 is 2.22 bits per heavy atom. The van der Waals surface area contributed by atoms with E-state index in [0.717, 1.165) is 5.56 Å². The third-order valence-electron chi connectivity index (χ3n) is 2.64. The summed E-state index contributed by atoms with van der Waals surface area (Å²) in [5, 5.41) is 13.9. The molecule has 0 atom stereocenters. The fraction of sp³-hybridized carbons (Fsp3) is 0.167. The van der Waals surface area contributed by atoms with Crippen LogP contribution in [0, 0.1) is 17.0 Å². The van der Waals surface area contributed by atoms with Crippen LogP contribution in [0.3, 0.4) is 0 Å². The van der Waals surface area contributed by atoms with Gasteiger partial charge in [-0.1, -0.05) is 12.1 Å². The number of hydrogen-bond acceptors (Lipinski definition) is 5. The van der Waals surface area contributed by atoms with E-state index in [1.54, 1.807) is 31.6 Å². The van der Waals surface area contributed by atoms with Gasteiger partial charge in [-0.2, -0.15) is 0 Å². The summed E-state index contributed by atoms with van der Waals surface area (Å²) in [5.74, 6) is 0.642. The van der Waals surface area contributed by atoms with Crippen LogP contribution in [0.4, 0.5) is 11.5 Å². The van der Waals surface area contributed by atoms with Crippen molar-refractivity contribution in [3.8, 4) is 0 Å². The number of nitro groups is 1. The van der Waals surface area contributed by atoms with Crippen molar-refractivity contribution in [1.82, 2.24) is 9.97 Å². The van der Waals surface area contributed by atoms with Crippen LogP contribution in [0.1, 0.15) is 11.1 Å². The van der Waals surface area contributed by atoms with Gasteiger partial charge < -0.3 is 5.32 Å². The van der Waals surface area contributed by atoms with Crippen molar-refractivity contribution in [2.24, 2.45) is 0 Å². The minimum Gasteiger partial charge on any atom is -0.365 e. The molecular formula is C12H12N4O2. The van der Waals surface area contributed by atoms with Gasteiger partial charge in [-0.15, -0.1) is 0 Å². The normalized spacial score (nSPS) is 10.1. The van der Waals surface area contributed by atoms with Crippen molar-refractivity contribution < 1.29 is 4.92 Å². The quantitative estimate of drug-likeness (QED) is 0.659. The van der Waals surface area contributed by atoms with Crippen molar-refractivity contribution >= 4 is 11.5 Å². The second-order valence-corrected chi connectivity index (χ2v) is 3.76. The number of nitrogens with one attached hydrogen (secondary N) is 1. The number of rotatable bonds is 4. The van der Waals surface area contributed by atoms with Crippen LogP contribution < -0.4 is 5.32 Å². The lowest BCUT2D eigenvalue weighted by molar-refractivity contribution is -0.385. The molecule has 0 spiro atoms. The first-order valence-electron chi connectivity index (χ1n) is 5.41. The highest BCUT2D eigenvalue weighted by Crippen LogP contribution is 2.21. The molecule has 0 bridgehead atoms. The molecule has 6 heteroatoms. The summed E-state index contributed by atoms with van der Waals surface area (Å²) in [4.78, 5) is 18.4. The van der Waals surface area contributed by atoms with Gasteiger partial charge >= 0.3 is 0 Å². The van der Waals surface area contributed by atoms with Crippen LogP contribution in [-0.4, -0.2) is 14.9 Å². The first kappa shape index (κ1) is 12.0. The molecular weight excluding hydrogens is 232 g/mol. The van der Waals surface area contributed by atoms with Crippen LogP contribution >= 0.6 is 0 Å². The van der Waals surface area contributed by atoms with Crippen molar-refractivity contribution in [3.63, 3.8) is 0 Å². The molecule has 0 saturated carbocycles. The predicted molar refractivity (Wildman–Crippen MR) is 67.2 cm³/mol. The third kappa shape index (κ3) is 2.60. The molecule has 0 saturated heterocycles. The summed E-state index contributed by atoms with van der Waals surface area (Å²) >= 11 is 0. The Hall–Kier alpha value is -2.50. The van der Waals surface area contributed by atoms with Crippen LogP contribution in [0.5, 0.6) is 0 Å². The first-order chi connectivity index (χ1) is 8.68. The van der Waals surface area contributed by atoms with Gasteiger partial charge in [-0.25, -0.2) is 4.98 Å². The average Bonchev–Trinajstić information content (AvgIpc) is 2.38. The molecule has 2 rings (SSSR count). The molecule has 92 valence electrons. The summed E-state index contributed by atoms with van der Waals surface area (Å²) < 4.78 is 0. The molecule has 1 aromatic heterocycles. The highest BCUT2D eigenvalue weighted by molar-refractivity contribution is 5.46. The highest BCUT2D eigenvalue weighted by Gasteiger charge is 2.12. The Morgan fingerprint density at radius 1 is 1.39 bits per heavy atom. The van der Waals surface area contributed by atoms with Gasteiger partial charge in [0.15, 0.2) is 0 Å². The van der Waals surface area contributed by atoms with Crippen LogP contribution in [0.2, 0.25) is 0 Å². The molecule has 0 fully saturated rings. The number of benzene rings is 1. The highest BCUT2D eigenvalue weighted by atomic mass is 16.6. The van der Waals surface area contributed by atoms with Gasteiger partial charge in [0.2, 0.25) is 0 Å². The molecule has 0 radical (unpaired) electrons. The lowest BCUT2D eigenvalue weighted by Crippen LogP contribution is -2.04. The smallest absolute Gasteiger partial charge is 0.272 e. The van der Waals surface area contributed by atoms with Crippen LogP contribution in [-0.2, 0) is 6.54 Å². The topological polar surface area (TPSA) is 81.0 Å². The Balaban J connectivity index is 2.15. The van der Waals surface area contributed by atoms with Gasteiger partial charge in [-0.3, -0.25) is 15.1 Å². The van der Waals surface area contributed by atoms with Gasteiger partial charge in [0.1, 0.15) is 5.82 Å². The summed E-state index contributed by atoms with van der Waals surface area (Å²) in [6.07, 6.45) is 4.78. The standard InChI is InChI=1S/C12H12N4O2/c1-9-10(3-2-4-11(9)16(17)18)7-15-12-8-13-5-6-14-12/h2-6,8H,7H2,1H3,(H,14,15). The van der Waals surface area contributed by atoms with Crippen molar-refractivity contribution in [2.45, 2.75) is 13.5 Å².